The number of anilines is 1. The number of sulfonamides is 1. The Morgan fingerprint density at radius 3 is 2.69 bits per heavy atom. The second-order valence-corrected chi connectivity index (χ2v) is 8.77. The molecule has 0 atom stereocenters. The van der Waals surface area contributed by atoms with E-state index in [4.69, 9.17) is 0 Å². The Labute approximate surface area is 167 Å². The molecule has 0 saturated carbocycles. The van der Waals surface area contributed by atoms with Gasteiger partial charge in [-0.1, -0.05) is 19.1 Å². The van der Waals surface area contributed by atoms with Crippen molar-refractivity contribution in [3.05, 3.63) is 64.2 Å². The van der Waals surface area contributed by atoms with E-state index in [2.05, 4.69) is 15.3 Å². The van der Waals surface area contributed by atoms with Crippen LogP contribution in [0.4, 0.5) is 5.69 Å². The van der Waals surface area contributed by atoms with Crippen molar-refractivity contribution in [2.24, 2.45) is 0 Å². The maximum absolute atomic E-state index is 13.2. The van der Waals surface area contributed by atoms with Crippen molar-refractivity contribution in [3.63, 3.8) is 0 Å². The zero-order valence-corrected chi connectivity index (χ0v) is 16.6. The van der Waals surface area contributed by atoms with Crippen LogP contribution in [-0.2, 0) is 27.8 Å². The molecule has 150 valence electrons. The number of nitrogens with one attached hydrogen (secondary N) is 2. The SMILES string of the molecule is CCN(Cc1nc2ccccc2c(=O)[nH]1)S(=O)(=O)c1ccc2c(c1)CCC(=O)N2. The highest BCUT2D eigenvalue weighted by molar-refractivity contribution is 7.89. The van der Waals surface area contributed by atoms with Crippen LogP contribution in [0.1, 0.15) is 24.7 Å². The van der Waals surface area contributed by atoms with Gasteiger partial charge in [0.25, 0.3) is 5.56 Å². The molecule has 1 aliphatic rings. The first-order chi connectivity index (χ1) is 13.9. The number of H-pyrrole nitrogens is 1. The molecule has 29 heavy (non-hydrogen) atoms. The fourth-order valence-corrected chi connectivity index (χ4v) is 4.87. The normalized spacial score (nSPS) is 14.1. The van der Waals surface area contributed by atoms with Crippen LogP contribution in [0, 0.1) is 0 Å². The first-order valence-corrected chi connectivity index (χ1v) is 10.7. The van der Waals surface area contributed by atoms with E-state index in [0.717, 1.165) is 5.56 Å². The number of carbonyl (C=O) groups is 1. The van der Waals surface area contributed by atoms with Crippen molar-refractivity contribution in [1.29, 1.82) is 0 Å². The number of rotatable bonds is 5. The predicted octanol–water partition coefficient (Wildman–Crippen LogP) is 2.02. The number of amides is 1. The number of benzene rings is 2. The van der Waals surface area contributed by atoms with Gasteiger partial charge in [0, 0.05) is 18.7 Å². The second-order valence-electron chi connectivity index (χ2n) is 6.83. The first kappa shape index (κ1) is 19.3. The Morgan fingerprint density at radius 1 is 1.10 bits per heavy atom. The summed E-state index contributed by atoms with van der Waals surface area (Å²) in [5.74, 6) is 0.207. The van der Waals surface area contributed by atoms with E-state index in [1.54, 1.807) is 43.3 Å². The lowest BCUT2D eigenvalue weighted by Crippen LogP contribution is -2.32. The van der Waals surface area contributed by atoms with Crippen molar-refractivity contribution in [2.75, 3.05) is 11.9 Å². The number of fused-ring (bicyclic) bond motifs is 2. The minimum absolute atomic E-state index is 0.0489. The molecule has 0 saturated heterocycles. The van der Waals surface area contributed by atoms with Crippen molar-refractivity contribution >= 4 is 32.5 Å². The molecule has 1 amide bonds. The standard InChI is InChI=1S/C20H20N4O4S/c1-2-24(12-18-21-17-6-4-3-5-15(17)20(26)23-18)29(27,28)14-8-9-16-13(11-14)7-10-19(25)22-16/h3-6,8-9,11H,2,7,10,12H2,1H3,(H,22,25)(H,21,23,26). The molecule has 0 bridgehead atoms. The van der Waals surface area contributed by atoms with Crippen molar-refractivity contribution in [2.45, 2.75) is 31.2 Å². The molecule has 2 N–H and O–H groups in total. The van der Waals surface area contributed by atoms with Gasteiger partial charge in [0.1, 0.15) is 5.82 Å². The zero-order valence-electron chi connectivity index (χ0n) is 15.8. The first-order valence-electron chi connectivity index (χ1n) is 9.29. The van der Waals surface area contributed by atoms with E-state index in [0.29, 0.717) is 29.4 Å². The van der Waals surface area contributed by atoms with E-state index in [1.807, 2.05) is 0 Å². The average molecular weight is 412 g/mol. The lowest BCUT2D eigenvalue weighted by atomic mass is 10.0. The molecule has 0 unspecified atom stereocenters. The number of aryl methyl sites for hydroxylation is 1. The third kappa shape index (κ3) is 3.66. The zero-order chi connectivity index (χ0) is 20.6. The molecule has 4 rings (SSSR count). The second kappa shape index (κ2) is 7.41. The molecule has 3 aromatic rings. The molecule has 0 spiro atoms. The molecule has 8 nitrogen and oxygen atoms in total. The van der Waals surface area contributed by atoms with Gasteiger partial charge in [-0.05, 0) is 42.3 Å². The van der Waals surface area contributed by atoms with E-state index in [-0.39, 0.29) is 35.3 Å². The van der Waals surface area contributed by atoms with Crippen molar-refractivity contribution in [3.8, 4) is 0 Å². The quantitative estimate of drug-likeness (QED) is 0.666. The van der Waals surface area contributed by atoms with Gasteiger partial charge in [-0.15, -0.1) is 0 Å². The number of aromatic amines is 1. The van der Waals surface area contributed by atoms with Gasteiger partial charge in [0.2, 0.25) is 15.9 Å². The van der Waals surface area contributed by atoms with Crippen LogP contribution < -0.4 is 10.9 Å². The third-order valence-corrected chi connectivity index (χ3v) is 6.87. The largest absolute Gasteiger partial charge is 0.326 e. The Bertz CT molecular complexity index is 1270. The summed E-state index contributed by atoms with van der Waals surface area (Å²) in [6, 6.07) is 11.6. The molecule has 1 aliphatic heterocycles. The average Bonchev–Trinajstić information content (AvgIpc) is 2.71. The maximum Gasteiger partial charge on any atom is 0.258 e. The van der Waals surface area contributed by atoms with E-state index >= 15 is 0 Å². The fraction of sp³-hybridized carbons (Fsp3) is 0.250. The summed E-state index contributed by atoms with van der Waals surface area (Å²) in [6.45, 7) is 1.90. The Morgan fingerprint density at radius 2 is 1.90 bits per heavy atom. The van der Waals surface area contributed by atoms with Crippen LogP contribution >= 0.6 is 0 Å². The topological polar surface area (TPSA) is 112 Å². The van der Waals surface area contributed by atoms with Gasteiger partial charge >= 0.3 is 0 Å². The molecule has 9 heteroatoms. The van der Waals surface area contributed by atoms with Crippen LogP contribution in [0.25, 0.3) is 10.9 Å². The Kier molecular flexibility index (Phi) is 4.93. The molecule has 0 radical (unpaired) electrons. The van der Waals surface area contributed by atoms with Gasteiger partial charge in [0.15, 0.2) is 0 Å². The van der Waals surface area contributed by atoms with Crippen LogP contribution in [-0.4, -0.2) is 35.1 Å². The summed E-state index contributed by atoms with van der Waals surface area (Å²) in [5, 5.41) is 3.21. The Balaban J connectivity index is 1.67. The highest BCUT2D eigenvalue weighted by atomic mass is 32.2. The van der Waals surface area contributed by atoms with Gasteiger partial charge in [0.05, 0.1) is 22.3 Å². The van der Waals surface area contributed by atoms with Crippen LogP contribution in [0.15, 0.2) is 52.2 Å². The molecule has 0 aliphatic carbocycles. The summed E-state index contributed by atoms with van der Waals surface area (Å²) >= 11 is 0. The molecule has 2 aromatic carbocycles. The molecule has 0 fully saturated rings. The lowest BCUT2D eigenvalue weighted by Gasteiger charge is -2.22. The Hall–Kier alpha value is -3.04. The van der Waals surface area contributed by atoms with E-state index < -0.39 is 10.0 Å². The third-order valence-electron chi connectivity index (χ3n) is 4.95. The maximum atomic E-state index is 13.2. The number of nitrogens with zero attached hydrogens (tertiary/aromatic N) is 2. The van der Waals surface area contributed by atoms with Crippen LogP contribution in [0.3, 0.4) is 0 Å². The van der Waals surface area contributed by atoms with Crippen molar-refractivity contribution < 1.29 is 13.2 Å². The number of carbonyl (C=O) groups excluding carboxylic acids is 1. The van der Waals surface area contributed by atoms with Gasteiger partial charge < -0.3 is 10.3 Å². The fourth-order valence-electron chi connectivity index (χ4n) is 3.41. The number of hydrogen-bond donors (Lipinski definition) is 2. The summed E-state index contributed by atoms with van der Waals surface area (Å²) in [4.78, 5) is 31.0. The van der Waals surface area contributed by atoms with Crippen molar-refractivity contribution in [1.82, 2.24) is 14.3 Å². The predicted molar refractivity (Wildman–Crippen MR) is 109 cm³/mol. The smallest absolute Gasteiger partial charge is 0.258 e. The molecule has 2 heterocycles. The van der Waals surface area contributed by atoms with Gasteiger partial charge in [-0.2, -0.15) is 4.31 Å². The summed E-state index contributed by atoms with van der Waals surface area (Å²) < 4.78 is 27.6. The van der Waals surface area contributed by atoms with E-state index in [9.17, 15) is 18.0 Å². The minimum atomic E-state index is -3.80. The summed E-state index contributed by atoms with van der Waals surface area (Å²) in [5.41, 5.74) is 1.65. The molecular weight excluding hydrogens is 392 g/mol. The van der Waals surface area contributed by atoms with E-state index in [1.165, 1.54) is 10.4 Å². The summed E-state index contributed by atoms with van der Waals surface area (Å²) in [6.07, 6.45) is 0.826. The molecule has 1 aromatic heterocycles. The van der Waals surface area contributed by atoms with Gasteiger partial charge in [-0.25, -0.2) is 13.4 Å². The number of hydrogen-bond acceptors (Lipinski definition) is 5. The highest BCUT2D eigenvalue weighted by Crippen LogP contribution is 2.27. The highest BCUT2D eigenvalue weighted by Gasteiger charge is 2.26. The lowest BCUT2D eigenvalue weighted by molar-refractivity contribution is -0.116. The number of aromatic nitrogens is 2. The summed E-state index contributed by atoms with van der Waals surface area (Å²) in [7, 11) is -3.80. The minimum Gasteiger partial charge on any atom is -0.326 e. The van der Waals surface area contributed by atoms with Gasteiger partial charge in [-0.3, -0.25) is 9.59 Å². The monoisotopic (exact) mass is 412 g/mol. The number of para-hydroxylation sites is 1. The van der Waals surface area contributed by atoms with Crippen LogP contribution in [0.2, 0.25) is 0 Å². The van der Waals surface area contributed by atoms with Crippen LogP contribution in [0.5, 0.6) is 0 Å². The molecular formula is C20H20N4O4S.